The highest BCUT2D eigenvalue weighted by Gasteiger charge is 2.33. The fraction of sp³-hybridized carbons (Fsp3) is 0.812. The number of nitrogens with zero attached hydrogens (tertiary/aromatic N) is 2. The van der Waals surface area contributed by atoms with Crippen molar-refractivity contribution in [2.45, 2.75) is 63.0 Å². The third-order valence-corrected chi connectivity index (χ3v) is 5.71. The van der Waals surface area contributed by atoms with Gasteiger partial charge in [0.15, 0.2) is 0 Å². The number of ether oxygens (including phenoxy) is 1. The van der Waals surface area contributed by atoms with Crippen LogP contribution in [0.3, 0.4) is 0 Å². The van der Waals surface area contributed by atoms with E-state index in [4.69, 9.17) is 4.74 Å². The molecule has 0 radical (unpaired) electrons. The average molecular weight is 327 g/mol. The van der Waals surface area contributed by atoms with Crippen LogP contribution in [0.15, 0.2) is 11.6 Å². The van der Waals surface area contributed by atoms with E-state index in [2.05, 4.69) is 15.2 Å². The lowest BCUT2D eigenvalue weighted by atomic mass is 9.93. The van der Waals surface area contributed by atoms with Gasteiger partial charge >= 0.3 is 0 Å². The topological polar surface area (TPSA) is 37.4 Å². The molecule has 0 aromatic carbocycles. The van der Waals surface area contributed by atoms with Crippen molar-refractivity contribution in [2.24, 2.45) is 0 Å². The second-order valence-corrected chi connectivity index (χ2v) is 7.44. The van der Waals surface area contributed by atoms with Crippen LogP contribution in [0.5, 0.6) is 0 Å². The molecule has 1 saturated heterocycles. The normalized spacial score (nSPS) is 33.4. The molecule has 6 heteroatoms. The number of methoxy groups -OCH3 is 1. The highest BCUT2D eigenvalue weighted by molar-refractivity contribution is 7.09. The summed E-state index contributed by atoms with van der Waals surface area (Å²) in [6, 6.07) is 0.853. The molecule has 0 spiro atoms. The fourth-order valence-corrected chi connectivity index (χ4v) is 4.28. The maximum Gasteiger partial charge on any atom is 0.114 e. The van der Waals surface area contributed by atoms with Crippen LogP contribution in [0.1, 0.15) is 37.1 Å². The highest BCUT2D eigenvalue weighted by atomic mass is 32.1. The van der Waals surface area contributed by atoms with Crippen LogP contribution in [0.25, 0.3) is 0 Å². The van der Waals surface area contributed by atoms with Crippen molar-refractivity contribution < 1.29 is 9.13 Å². The van der Waals surface area contributed by atoms with Crippen molar-refractivity contribution in [1.82, 2.24) is 15.2 Å². The number of hydrogen-bond acceptors (Lipinski definition) is 5. The number of likely N-dealkylation sites (tertiary alicyclic amines) is 1. The molecule has 1 N–H and O–H groups in total. The summed E-state index contributed by atoms with van der Waals surface area (Å²) in [4.78, 5) is 6.57. The average Bonchev–Trinajstić information content (AvgIpc) is 3.16. The first-order valence-corrected chi connectivity index (χ1v) is 9.15. The van der Waals surface area contributed by atoms with Crippen LogP contribution in [-0.2, 0) is 11.3 Å². The van der Waals surface area contributed by atoms with E-state index < -0.39 is 6.17 Å². The Morgan fingerprint density at radius 3 is 2.91 bits per heavy atom. The molecule has 124 valence electrons. The van der Waals surface area contributed by atoms with Crippen molar-refractivity contribution in [1.29, 1.82) is 0 Å². The Kier molecular flexibility index (Phi) is 5.79. The molecule has 2 heterocycles. The number of alkyl halides is 1. The van der Waals surface area contributed by atoms with Gasteiger partial charge in [-0.25, -0.2) is 9.37 Å². The van der Waals surface area contributed by atoms with Gasteiger partial charge < -0.3 is 10.1 Å². The summed E-state index contributed by atoms with van der Waals surface area (Å²) in [6.07, 6.45) is 6.79. The summed E-state index contributed by atoms with van der Waals surface area (Å²) < 4.78 is 19.2. The molecule has 1 aliphatic heterocycles. The second-order valence-electron chi connectivity index (χ2n) is 6.46. The van der Waals surface area contributed by atoms with E-state index in [1.165, 1.54) is 0 Å². The SMILES string of the molecule is COC1CCC(NC[C@@H]2C[C@H](F)CN2Cc2nccs2)CC1. The van der Waals surface area contributed by atoms with Gasteiger partial charge in [0.25, 0.3) is 0 Å². The maximum absolute atomic E-state index is 13.8. The van der Waals surface area contributed by atoms with Gasteiger partial charge in [-0.2, -0.15) is 0 Å². The zero-order chi connectivity index (χ0) is 15.4. The van der Waals surface area contributed by atoms with Gasteiger partial charge in [0.2, 0.25) is 0 Å². The monoisotopic (exact) mass is 327 g/mol. The van der Waals surface area contributed by atoms with Gasteiger partial charge in [-0.1, -0.05) is 0 Å². The summed E-state index contributed by atoms with van der Waals surface area (Å²) >= 11 is 1.65. The molecular weight excluding hydrogens is 301 g/mol. The van der Waals surface area contributed by atoms with E-state index in [1.54, 1.807) is 18.4 Å². The minimum absolute atomic E-state index is 0.291. The lowest BCUT2D eigenvalue weighted by molar-refractivity contribution is 0.0616. The standard InChI is InChI=1S/C16H26FN3OS/c1-21-15-4-2-13(3-5-15)19-9-14-8-12(17)10-20(14)11-16-18-6-7-22-16/h6-7,12-15,19H,2-5,8-11H2,1H3/t12-,13?,14-,15?/m0/s1. The lowest BCUT2D eigenvalue weighted by Gasteiger charge is -2.30. The van der Waals surface area contributed by atoms with Crippen molar-refractivity contribution in [3.8, 4) is 0 Å². The van der Waals surface area contributed by atoms with E-state index in [1.807, 2.05) is 11.6 Å². The lowest BCUT2D eigenvalue weighted by Crippen LogP contribution is -2.43. The van der Waals surface area contributed by atoms with Crippen molar-refractivity contribution in [2.75, 3.05) is 20.2 Å². The smallest absolute Gasteiger partial charge is 0.114 e. The van der Waals surface area contributed by atoms with Crippen LogP contribution in [0, 0.1) is 0 Å². The molecule has 2 fully saturated rings. The molecule has 2 atom stereocenters. The molecule has 0 amide bonds. The largest absolute Gasteiger partial charge is 0.381 e. The third-order valence-electron chi connectivity index (χ3n) is 4.95. The van der Waals surface area contributed by atoms with Gasteiger partial charge in [-0.15, -0.1) is 11.3 Å². The molecule has 1 saturated carbocycles. The predicted molar refractivity (Wildman–Crippen MR) is 86.9 cm³/mol. The van der Waals surface area contributed by atoms with Crippen LogP contribution < -0.4 is 5.32 Å². The summed E-state index contributed by atoms with van der Waals surface area (Å²) in [6.45, 7) is 2.21. The number of hydrogen-bond donors (Lipinski definition) is 1. The molecule has 22 heavy (non-hydrogen) atoms. The summed E-state index contributed by atoms with van der Waals surface area (Å²) in [7, 11) is 1.80. The van der Waals surface area contributed by atoms with Crippen LogP contribution >= 0.6 is 11.3 Å². The van der Waals surface area contributed by atoms with E-state index >= 15 is 0 Å². The number of halogens is 1. The minimum Gasteiger partial charge on any atom is -0.381 e. The second kappa shape index (κ2) is 7.81. The molecule has 0 unspecified atom stereocenters. The van der Waals surface area contributed by atoms with E-state index in [-0.39, 0.29) is 0 Å². The number of thiazole rings is 1. The molecule has 2 aliphatic rings. The Hall–Kier alpha value is -0.560. The Labute approximate surface area is 136 Å². The molecule has 0 bridgehead atoms. The first-order chi connectivity index (χ1) is 10.7. The van der Waals surface area contributed by atoms with Crippen molar-refractivity contribution >= 4 is 11.3 Å². The van der Waals surface area contributed by atoms with Gasteiger partial charge in [0.05, 0.1) is 12.6 Å². The predicted octanol–water partition coefficient (Wildman–Crippen LogP) is 2.60. The Morgan fingerprint density at radius 1 is 1.41 bits per heavy atom. The summed E-state index contributed by atoms with van der Waals surface area (Å²) in [5.41, 5.74) is 0. The van der Waals surface area contributed by atoms with Crippen LogP contribution in [0.4, 0.5) is 4.39 Å². The van der Waals surface area contributed by atoms with E-state index in [9.17, 15) is 4.39 Å². The first-order valence-electron chi connectivity index (χ1n) is 8.27. The third kappa shape index (κ3) is 4.25. The van der Waals surface area contributed by atoms with Gasteiger partial charge in [-0.3, -0.25) is 4.90 Å². The first kappa shape index (κ1) is 16.3. The number of aromatic nitrogens is 1. The summed E-state index contributed by atoms with van der Waals surface area (Å²) in [5, 5.41) is 6.73. The molecule has 3 rings (SSSR count). The molecule has 1 aromatic heterocycles. The van der Waals surface area contributed by atoms with Gasteiger partial charge in [-0.05, 0) is 32.1 Å². The molecular formula is C16H26FN3OS. The van der Waals surface area contributed by atoms with Crippen molar-refractivity contribution in [3.05, 3.63) is 16.6 Å². The molecule has 4 nitrogen and oxygen atoms in total. The van der Waals surface area contributed by atoms with E-state index in [0.717, 1.165) is 43.8 Å². The zero-order valence-electron chi connectivity index (χ0n) is 13.2. The molecule has 1 aliphatic carbocycles. The van der Waals surface area contributed by atoms with Gasteiger partial charge in [0, 0.05) is 43.9 Å². The zero-order valence-corrected chi connectivity index (χ0v) is 14.0. The van der Waals surface area contributed by atoms with Crippen LogP contribution in [-0.4, -0.2) is 54.4 Å². The molecule has 1 aromatic rings. The Bertz CT molecular complexity index is 437. The van der Waals surface area contributed by atoms with Gasteiger partial charge in [0.1, 0.15) is 11.2 Å². The van der Waals surface area contributed by atoms with Crippen molar-refractivity contribution in [3.63, 3.8) is 0 Å². The summed E-state index contributed by atoms with van der Waals surface area (Å²) in [5.74, 6) is 0. The number of nitrogens with one attached hydrogen (secondary N) is 1. The maximum atomic E-state index is 13.8. The Morgan fingerprint density at radius 2 is 2.23 bits per heavy atom. The Balaban J connectivity index is 1.46. The van der Waals surface area contributed by atoms with Crippen LogP contribution in [0.2, 0.25) is 0 Å². The minimum atomic E-state index is -0.698. The quantitative estimate of drug-likeness (QED) is 0.871. The number of rotatable bonds is 6. The van der Waals surface area contributed by atoms with E-state index in [0.29, 0.717) is 31.2 Å². The fourth-order valence-electron chi connectivity index (χ4n) is 3.64. The highest BCUT2D eigenvalue weighted by Crippen LogP contribution is 2.24.